The van der Waals surface area contributed by atoms with Gasteiger partial charge in [0.2, 0.25) is 0 Å². The van der Waals surface area contributed by atoms with Crippen LogP contribution < -0.4 is 20.4 Å². The van der Waals surface area contributed by atoms with Crippen molar-refractivity contribution in [2.45, 2.75) is 0 Å². The van der Waals surface area contributed by atoms with E-state index < -0.39 is 5.91 Å². The molecule has 0 unspecified atom stereocenters. The Morgan fingerprint density at radius 2 is 1.68 bits per heavy atom. The molecule has 1 aliphatic heterocycles. The van der Waals surface area contributed by atoms with Crippen LogP contribution in [0, 0.1) is 0 Å². The van der Waals surface area contributed by atoms with Crippen LogP contribution in [0.3, 0.4) is 0 Å². The molecule has 2 aromatic heterocycles. The third kappa shape index (κ3) is 7.18. The predicted octanol–water partition coefficient (Wildman–Crippen LogP) is 3.47. The number of benzene rings is 1. The molecule has 1 saturated heterocycles. The van der Waals surface area contributed by atoms with Crippen LogP contribution in [0.4, 0.5) is 23.0 Å². The van der Waals surface area contributed by atoms with E-state index in [-0.39, 0.29) is 16.5 Å². The second-order valence-corrected chi connectivity index (χ2v) is 9.64. The number of hydrogen-bond donors (Lipinski definition) is 2. The summed E-state index contributed by atoms with van der Waals surface area (Å²) >= 11 is 6.32. The van der Waals surface area contributed by atoms with Gasteiger partial charge in [0.05, 0.1) is 35.7 Å². The van der Waals surface area contributed by atoms with E-state index in [2.05, 4.69) is 30.4 Å². The van der Waals surface area contributed by atoms with Crippen LogP contribution in [-0.2, 0) is 4.74 Å². The SMILES string of the molecule is CN(C)CCN(C)c1ccc(NC(=O)c2cc(NC(=O)c3ccnc(N4CCOCC4)c3)ccc2Cl)cn1. The fourth-order valence-corrected chi connectivity index (χ4v) is 4.06. The topological polar surface area (TPSA) is 103 Å². The van der Waals surface area contributed by atoms with Gasteiger partial charge in [0.15, 0.2) is 0 Å². The van der Waals surface area contributed by atoms with E-state index in [1.54, 1.807) is 48.8 Å². The van der Waals surface area contributed by atoms with Gasteiger partial charge in [0.25, 0.3) is 11.8 Å². The minimum Gasteiger partial charge on any atom is -0.378 e. The zero-order valence-electron chi connectivity index (χ0n) is 21.8. The minimum atomic E-state index is -0.403. The second kappa shape index (κ2) is 12.7. The molecule has 1 aliphatic rings. The summed E-state index contributed by atoms with van der Waals surface area (Å²) in [5, 5.41) is 5.94. The summed E-state index contributed by atoms with van der Waals surface area (Å²) < 4.78 is 5.39. The van der Waals surface area contributed by atoms with Crippen molar-refractivity contribution in [2.75, 3.05) is 81.0 Å². The lowest BCUT2D eigenvalue weighted by atomic mass is 10.1. The average Bonchev–Trinajstić information content (AvgIpc) is 2.93. The third-order valence-electron chi connectivity index (χ3n) is 6.09. The molecule has 0 saturated carbocycles. The van der Waals surface area contributed by atoms with E-state index in [1.165, 1.54) is 0 Å². The average molecular weight is 538 g/mol. The normalized spacial score (nSPS) is 13.3. The van der Waals surface area contributed by atoms with Crippen LogP contribution in [0.2, 0.25) is 5.02 Å². The number of anilines is 4. The fourth-order valence-electron chi connectivity index (χ4n) is 3.85. The monoisotopic (exact) mass is 537 g/mol. The number of aromatic nitrogens is 2. The Morgan fingerprint density at radius 3 is 2.39 bits per heavy atom. The first kappa shape index (κ1) is 27.3. The zero-order chi connectivity index (χ0) is 27.1. The van der Waals surface area contributed by atoms with Gasteiger partial charge in [-0.1, -0.05) is 11.6 Å². The Kier molecular flexibility index (Phi) is 9.11. The second-order valence-electron chi connectivity index (χ2n) is 9.23. The molecule has 10 nitrogen and oxygen atoms in total. The Hall–Kier alpha value is -3.73. The van der Waals surface area contributed by atoms with Gasteiger partial charge in [-0.25, -0.2) is 9.97 Å². The number of amides is 2. The van der Waals surface area contributed by atoms with Crippen molar-refractivity contribution in [3.63, 3.8) is 0 Å². The van der Waals surface area contributed by atoms with Gasteiger partial charge < -0.3 is 30.1 Å². The van der Waals surface area contributed by atoms with Crippen molar-refractivity contribution in [2.24, 2.45) is 0 Å². The van der Waals surface area contributed by atoms with Gasteiger partial charge in [0.1, 0.15) is 11.6 Å². The molecule has 38 heavy (non-hydrogen) atoms. The molecular weight excluding hydrogens is 506 g/mol. The first-order valence-corrected chi connectivity index (χ1v) is 12.7. The van der Waals surface area contributed by atoms with Crippen LogP contribution in [-0.4, -0.2) is 87.2 Å². The number of ether oxygens (including phenoxy) is 1. The molecule has 0 spiro atoms. The molecule has 2 amide bonds. The lowest BCUT2D eigenvalue weighted by Crippen LogP contribution is -2.36. The number of morpholine rings is 1. The number of halogens is 1. The lowest BCUT2D eigenvalue weighted by Gasteiger charge is -2.27. The number of nitrogens with zero attached hydrogens (tertiary/aromatic N) is 5. The van der Waals surface area contributed by atoms with E-state index in [4.69, 9.17) is 16.3 Å². The van der Waals surface area contributed by atoms with Crippen molar-refractivity contribution < 1.29 is 14.3 Å². The van der Waals surface area contributed by atoms with E-state index in [9.17, 15) is 9.59 Å². The Bertz CT molecular complexity index is 1260. The summed E-state index contributed by atoms with van der Waals surface area (Å²) in [6.07, 6.45) is 3.22. The van der Waals surface area contributed by atoms with Crippen LogP contribution in [0.1, 0.15) is 20.7 Å². The van der Waals surface area contributed by atoms with Gasteiger partial charge in [-0.15, -0.1) is 0 Å². The van der Waals surface area contributed by atoms with Gasteiger partial charge >= 0.3 is 0 Å². The summed E-state index contributed by atoms with van der Waals surface area (Å²) in [5.74, 6) is 0.815. The molecule has 2 N–H and O–H groups in total. The van der Waals surface area contributed by atoms with Gasteiger partial charge in [0, 0.05) is 50.7 Å². The Balaban J connectivity index is 1.41. The molecule has 0 atom stereocenters. The number of likely N-dealkylation sites (N-methyl/N-ethyl adjacent to an activating group) is 2. The maximum atomic E-state index is 13.0. The smallest absolute Gasteiger partial charge is 0.257 e. The largest absolute Gasteiger partial charge is 0.378 e. The molecule has 0 aliphatic carbocycles. The van der Waals surface area contributed by atoms with E-state index in [1.807, 2.05) is 32.1 Å². The molecule has 0 bridgehead atoms. The number of rotatable bonds is 9. The quantitative estimate of drug-likeness (QED) is 0.428. The van der Waals surface area contributed by atoms with E-state index in [0.717, 1.165) is 37.8 Å². The zero-order valence-corrected chi connectivity index (χ0v) is 22.5. The molecule has 4 rings (SSSR count). The third-order valence-corrected chi connectivity index (χ3v) is 6.42. The van der Waals surface area contributed by atoms with Gasteiger partial charge in [-0.3, -0.25) is 9.59 Å². The van der Waals surface area contributed by atoms with Crippen LogP contribution in [0.5, 0.6) is 0 Å². The molecule has 200 valence electrons. The Labute approximate surface area is 227 Å². The summed E-state index contributed by atoms with van der Waals surface area (Å²) in [4.78, 5) is 41.0. The highest BCUT2D eigenvalue weighted by molar-refractivity contribution is 6.34. The maximum absolute atomic E-state index is 13.0. The summed E-state index contributed by atoms with van der Waals surface area (Å²) in [7, 11) is 6.01. The summed E-state index contributed by atoms with van der Waals surface area (Å²) in [6, 6.07) is 11.8. The number of carbonyl (C=O) groups excluding carboxylic acids is 2. The summed E-state index contributed by atoms with van der Waals surface area (Å²) in [5.41, 5.74) is 1.69. The number of nitrogens with one attached hydrogen (secondary N) is 2. The first-order valence-electron chi connectivity index (χ1n) is 12.3. The molecular formula is C27H32ClN7O3. The van der Waals surface area contributed by atoms with Crippen LogP contribution in [0.25, 0.3) is 0 Å². The number of carbonyl (C=O) groups is 2. The van der Waals surface area contributed by atoms with Crippen LogP contribution in [0.15, 0.2) is 54.9 Å². The van der Waals surface area contributed by atoms with Crippen molar-refractivity contribution >= 4 is 46.4 Å². The van der Waals surface area contributed by atoms with Crippen LogP contribution >= 0.6 is 11.6 Å². The van der Waals surface area contributed by atoms with Crippen molar-refractivity contribution in [1.29, 1.82) is 0 Å². The predicted molar refractivity (Wildman–Crippen MR) is 151 cm³/mol. The minimum absolute atomic E-state index is 0.236. The van der Waals surface area contributed by atoms with Crippen molar-refractivity contribution in [3.8, 4) is 0 Å². The molecule has 3 heterocycles. The van der Waals surface area contributed by atoms with E-state index in [0.29, 0.717) is 30.2 Å². The highest BCUT2D eigenvalue weighted by atomic mass is 35.5. The van der Waals surface area contributed by atoms with Crippen molar-refractivity contribution in [1.82, 2.24) is 14.9 Å². The number of hydrogen-bond acceptors (Lipinski definition) is 8. The van der Waals surface area contributed by atoms with Gasteiger partial charge in [-0.05, 0) is 56.6 Å². The fraction of sp³-hybridized carbons (Fsp3) is 0.333. The molecule has 1 aromatic carbocycles. The molecule has 11 heteroatoms. The highest BCUT2D eigenvalue weighted by Crippen LogP contribution is 2.23. The lowest BCUT2D eigenvalue weighted by molar-refractivity contribution is 0.101. The first-order chi connectivity index (χ1) is 18.3. The molecule has 0 radical (unpaired) electrons. The van der Waals surface area contributed by atoms with E-state index >= 15 is 0 Å². The number of pyridine rings is 2. The van der Waals surface area contributed by atoms with Gasteiger partial charge in [-0.2, -0.15) is 0 Å². The summed E-state index contributed by atoms with van der Waals surface area (Å²) in [6.45, 7) is 4.42. The molecule has 3 aromatic rings. The molecule has 1 fully saturated rings. The van der Waals surface area contributed by atoms with Crippen molar-refractivity contribution in [3.05, 3.63) is 71.0 Å². The highest BCUT2D eigenvalue weighted by Gasteiger charge is 2.17. The standard InChI is InChI=1S/C27H32ClN7O3/c1-33(2)10-11-34(3)24-7-5-21(18-30-24)32-27(37)22-17-20(4-6-23(22)28)31-26(36)19-8-9-29-25(16-19)35-12-14-38-15-13-35/h4-9,16-18H,10-15H2,1-3H3,(H,31,36)(H,32,37). The maximum Gasteiger partial charge on any atom is 0.257 e. The Morgan fingerprint density at radius 1 is 0.947 bits per heavy atom.